The molecule has 2 aliphatic rings. The van der Waals surface area contributed by atoms with Crippen LogP contribution in [0.4, 0.5) is 5.95 Å². The van der Waals surface area contributed by atoms with Gasteiger partial charge in [-0.15, -0.1) is 0 Å². The molecule has 1 amide bonds. The van der Waals surface area contributed by atoms with Crippen molar-refractivity contribution in [1.29, 1.82) is 0 Å². The topological polar surface area (TPSA) is 118 Å². The van der Waals surface area contributed by atoms with Gasteiger partial charge in [-0.2, -0.15) is 4.31 Å². The Balaban J connectivity index is 1.34. The van der Waals surface area contributed by atoms with E-state index in [2.05, 4.69) is 20.2 Å². The number of carbonyl (C=O) groups is 1. The number of furan rings is 1. The van der Waals surface area contributed by atoms with E-state index in [1.54, 1.807) is 18.5 Å². The number of ether oxygens (including phenoxy) is 1. The van der Waals surface area contributed by atoms with Crippen LogP contribution in [0.2, 0.25) is 0 Å². The quantitative estimate of drug-likeness (QED) is 0.741. The third-order valence-corrected chi connectivity index (χ3v) is 6.81. The van der Waals surface area contributed by atoms with Gasteiger partial charge in [0.05, 0.1) is 13.2 Å². The van der Waals surface area contributed by atoms with Crippen LogP contribution in [-0.4, -0.2) is 74.0 Å². The Hall–Kier alpha value is -2.50. The van der Waals surface area contributed by atoms with Gasteiger partial charge in [0.15, 0.2) is 5.76 Å². The first-order chi connectivity index (χ1) is 14.0. The number of amides is 1. The fraction of sp³-hybridized carbons (Fsp3) is 0.500. The third-order valence-electron chi connectivity index (χ3n) is 5.03. The van der Waals surface area contributed by atoms with Crippen LogP contribution in [0.15, 0.2) is 40.1 Å². The van der Waals surface area contributed by atoms with Crippen molar-refractivity contribution in [2.75, 3.05) is 44.3 Å². The van der Waals surface area contributed by atoms with E-state index in [1.807, 2.05) is 0 Å². The molecule has 0 spiro atoms. The van der Waals surface area contributed by atoms with Gasteiger partial charge in [-0.1, -0.05) is 0 Å². The van der Waals surface area contributed by atoms with Crippen LogP contribution in [0.25, 0.3) is 0 Å². The molecular formula is C18H23N5O5S. The van der Waals surface area contributed by atoms with Crippen LogP contribution < -0.4 is 10.2 Å². The highest BCUT2D eigenvalue weighted by atomic mass is 32.2. The Labute approximate surface area is 168 Å². The summed E-state index contributed by atoms with van der Waals surface area (Å²) in [6, 6.07) is 4.48. The van der Waals surface area contributed by atoms with Crippen LogP contribution in [-0.2, 0) is 14.8 Å². The van der Waals surface area contributed by atoms with Crippen LogP contribution in [0.3, 0.4) is 0 Å². The molecule has 2 fully saturated rings. The summed E-state index contributed by atoms with van der Waals surface area (Å²) in [6.45, 7) is 2.69. The molecule has 0 aromatic carbocycles. The summed E-state index contributed by atoms with van der Waals surface area (Å²) in [4.78, 5) is 23.1. The lowest BCUT2D eigenvalue weighted by molar-refractivity contribution is 0.0722. The normalized spacial score (nSPS) is 19.2. The molecule has 2 aliphatic heterocycles. The summed E-state index contributed by atoms with van der Waals surface area (Å²) in [7, 11) is -3.76. The second kappa shape index (κ2) is 8.47. The fourth-order valence-electron chi connectivity index (χ4n) is 3.43. The molecule has 2 aromatic heterocycles. The zero-order valence-corrected chi connectivity index (χ0v) is 16.7. The summed E-state index contributed by atoms with van der Waals surface area (Å²) < 4.78 is 37.1. The minimum absolute atomic E-state index is 0.00865. The Morgan fingerprint density at radius 1 is 1.07 bits per heavy atom. The summed E-state index contributed by atoms with van der Waals surface area (Å²) in [5.74, 6) is 0.259. The molecule has 4 heterocycles. The maximum Gasteiger partial charge on any atom is 0.287 e. The molecule has 2 aromatic rings. The minimum Gasteiger partial charge on any atom is -0.438 e. The average Bonchev–Trinajstić information content (AvgIpc) is 3.27. The second-order valence-corrected chi connectivity index (χ2v) is 8.79. The van der Waals surface area contributed by atoms with Gasteiger partial charge >= 0.3 is 0 Å². The lowest BCUT2D eigenvalue weighted by Crippen LogP contribution is -2.45. The van der Waals surface area contributed by atoms with E-state index in [9.17, 15) is 13.2 Å². The molecule has 0 bridgehead atoms. The predicted octanol–water partition coefficient (Wildman–Crippen LogP) is 0.489. The number of nitrogens with one attached hydrogen (secondary N) is 1. The molecule has 11 heteroatoms. The monoisotopic (exact) mass is 421 g/mol. The second-order valence-electron chi connectivity index (χ2n) is 6.92. The van der Waals surface area contributed by atoms with Gasteiger partial charge in [-0.25, -0.2) is 18.4 Å². The smallest absolute Gasteiger partial charge is 0.287 e. The first-order valence-electron chi connectivity index (χ1n) is 9.54. The van der Waals surface area contributed by atoms with Crippen molar-refractivity contribution in [3.05, 3.63) is 36.4 Å². The van der Waals surface area contributed by atoms with E-state index >= 15 is 0 Å². The number of nitrogens with zero attached hydrogens (tertiary/aromatic N) is 4. The summed E-state index contributed by atoms with van der Waals surface area (Å²) in [5.41, 5.74) is 0. The van der Waals surface area contributed by atoms with Crippen molar-refractivity contribution < 1.29 is 22.4 Å². The SMILES string of the molecule is O=C(NC1CCN(c2ncccn2)CC1)c1ccc(S(=O)(=O)N2CCOCC2)o1. The number of sulfonamides is 1. The summed E-state index contributed by atoms with van der Waals surface area (Å²) in [6.07, 6.45) is 4.89. The summed E-state index contributed by atoms with van der Waals surface area (Å²) >= 11 is 0. The zero-order chi connectivity index (χ0) is 20.3. The van der Waals surface area contributed by atoms with Crippen molar-refractivity contribution in [2.24, 2.45) is 0 Å². The molecule has 0 aliphatic carbocycles. The Bertz CT molecular complexity index is 935. The number of rotatable bonds is 5. The van der Waals surface area contributed by atoms with Crippen LogP contribution in [0.5, 0.6) is 0 Å². The van der Waals surface area contributed by atoms with Gasteiger partial charge < -0.3 is 19.4 Å². The van der Waals surface area contributed by atoms with Crippen LogP contribution >= 0.6 is 0 Å². The van der Waals surface area contributed by atoms with Crippen molar-refractivity contribution in [1.82, 2.24) is 19.6 Å². The molecule has 4 rings (SSSR count). The van der Waals surface area contributed by atoms with Gasteiger partial charge in [0.2, 0.25) is 11.0 Å². The van der Waals surface area contributed by atoms with E-state index in [0.717, 1.165) is 25.9 Å². The molecule has 0 radical (unpaired) electrons. The molecule has 0 atom stereocenters. The molecular weight excluding hydrogens is 398 g/mol. The van der Waals surface area contributed by atoms with E-state index in [4.69, 9.17) is 9.15 Å². The predicted molar refractivity (Wildman–Crippen MR) is 103 cm³/mol. The van der Waals surface area contributed by atoms with E-state index in [-0.39, 0.29) is 30.0 Å². The van der Waals surface area contributed by atoms with Crippen molar-refractivity contribution in [3.8, 4) is 0 Å². The van der Waals surface area contributed by atoms with Crippen LogP contribution in [0.1, 0.15) is 23.4 Å². The van der Waals surface area contributed by atoms with E-state index < -0.39 is 15.9 Å². The number of hydrogen-bond donors (Lipinski definition) is 1. The molecule has 2 saturated heterocycles. The van der Waals surface area contributed by atoms with E-state index in [0.29, 0.717) is 19.2 Å². The number of anilines is 1. The first-order valence-corrected chi connectivity index (χ1v) is 11.0. The number of morpholine rings is 1. The zero-order valence-electron chi connectivity index (χ0n) is 15.9. The highest BCUT2D eigenvalue weighted by Crippen LogP contribution is 2.21. The first kappa shape index (κ1) is 19.8. The van der Waals surface area contributed by atoms with Crippen molar-refractivity contribution >= 4 is 21.9 Å². The lowest BCUT2D eigenvalue weighted by atomic mass is 10.1. The molecule has 156 valence electrons. The molecule has 0 unspecified atom stereocenters. The number of carbonyl (C=O) groups excluding carboxylic acids is 1. The van der Waals surface area contributed by atoms with E-state index in [1.165, 1.54) is 16.4 Å². The van der Waals surface area contributed by atoms with Gasteiger partial charge in [-0.05, 0) is 31.0 Å². The Kier molecular flexibility index (Phi) is 5.79. The molecule has 10 nitrogen and oxygen atoms in total. The Morgan fingerprint density at radius 2 is 1.76 bits per heavy atom. The molecule has 1 N–H and O–H groups in total. The number of hydrogen-bond acceptors (Lipinski definition) is 8. The number of piperidine rings is 1. The van der Waals surface area contributed by atoms with Crippen molar-refractivity contribution in [2.45, 2.75) is 24.0 Å². The lowest BCUT2D eigenvalue weighted by Gasteiger charge is -2.32. The summed E-state index contributed by atoms with van der Waals surface area (Å²) in [5, 5.41) is 2.70. The fourth-order valence-corrected chi connectivity index (χ4v) is 4.75. The van der Waals surface area contributed by atoms with Gasteiger partial charge in [0, 0.05) is 44.6 Å². The average molecular weight is 421 g/mol. The maximum atomic E-state index is 12.6. The maximum absolute atomic E-state index is 12.6. The van der Waals surface area contributed by atoms with Crippen molar-refractivity contribution in [3.63, 3.8) is 0 Å². The van der Waals surface area contributed by atoms with Gasteiger partial charge in [-0.3, -0.25) is 4.79 Å². The van der Waals surface area contributed by atoms with Gasteiger partial charge in [0.1, 0.15) is 0 Å². The van der Waals surface area contributed by atoms with Crippen LogP contribution in [0, 0.1) is 0 Å². The highest BCUT2D eigenvalue weighted by molar-refractivity contribution is 7.89. The van der Waals surface area contributed by atoms with Gasteiger partial charge in [0.25, 0.3) is 15.9 Å². The molecule has 0 saturated carbocycles. The third kappa shape index (κ3) is 4.41. The number of aromatic nitrogens is 2. The molecule has 29 heavy (non-hydrogen) atoms. The Morgan fingerprint density at radius 3 is 2.45 bits per heavy atom. The standard InChI is InChI=1S/C18H23N5O5S/c24-17(21-14-4-8-22(9-5-14)18-19-6-1-7-20-18)15-2-3-16(28-15)29(25,26)23-10-12-27-13-11-23/h1-3,6-7,14H,4-5,8-13H2,(H,21,24). The highest BCUT2D eigenvalue weighted by Gasteiger charge is 2.30. The largest absolute Gasteiger partial charge is 0.438 e. The minimum atomic E-state index is -3.76.